The fourth-order valence-corrected chi connectivity index (χ4v) is 7.25. The Hall–Kier alpha value is -3.80. The number of carbonyl (C=O) groups is 6. The lowest BCUT2D eigenvalue weighted by molar-refractivity contribution is -0.313. The second-order valence-corrected chi connectivity index (χ2v) is 11.7. The van der Waals surface area contributed by atoms with Crippen molar-refractivity contribution in [2.24, 2.45) is 17.3 Å². The Morgan fingerprint density at radius 3 is 1.95 bits per heavy atom. The third kappa shape index (κ3) is 4.95. The van der Waals surface area contributed by atoms with E-state index in [1.165, 1.54) is 26.0 Å². The van der Waals surface area contributed by atoms with Gasteiger partial charge in [-0.15, -0.1) is 0 Å². The van der Waals surface area contributed by atoms with Crippen LogP contribution in [0.3, 0.4) is 0 Å². The molecule has 8 atom stereocenters. The second-order valence-electron chi connectivity index (χ2n) is 11.7. The third-order valence-corrected chi connectivity index (χ3v) is 8.48. The lowest BCUT2D eigenvalue weighted by Crippen LogP contribution is -2.80. The normalized spacial score (nSPS) is 34.4. The van der Waals surface area contributed by atoms with Gasteiger partial charge in [-0.1, -0.05) is 25.1 Å². The number of rotatable bonds is 7. The first-order valence-electron chi connectivity index (χ1n) is 13.7. The van der Waals surface area contributed by atoms with Crippen molar-refractivity contribution in [3.8, 4) is 0 Å². The Morgan fingerprint density at radius 2 is 1.40 bits per heavy atom. The molecule has 1 heterocycles. The molecular weight excluding hydrogens is 552 g/mol. The van der Waals surface area contributed by atoms with E-state index >= 15 is 0 Å². The fraction of sp³-hybridized carbons (Fsp3) is 0.600. The highest BCUT2D eigenvalue weighted by Gasteiger charge is 2.85. The summed E-state index contributed by atoms with van der Waals surface area (Å²) in [5.74, 6) is -6.35. The van der Waals surface area contributed by atoms with Crippen molar-refractivity contribution in [1.82, 2.24) is 0 Å². The second kappa shape index (κ2) is 11.1. The van der Waals surface area contributed by atoms with Gasteiger partial charge in [0.15, 0.2) is 18.0 Å². The summed E-state index contributed by atoms with van der Waals surface area (Å²) in [7, 11) is 0. The van der Waals surface area contributed by atoms with Gasteiger partial charge in [-0.2, -0.15) is 0 Å². The van der Waals surface area contributed by atoms with Crippen molar-refractivity contribution in [2.75, 3.05) is 6.61 Å². The smallest absolute Gasteiger partial charge is 0.338 e. The van der Waals surface area contributed by atoms with Gasteiger partial charge in [0, 0.05) is 27.7 Å². The van der Waals surface area contributed by atoms with Crippen LogP contribution >= 0.6 is 0 Å². The van der Waals surface area contributed by atoms with E-state index in [1.54, 1.807) is 39.0 Å². The van der Waals surface area contributed by atoms with E-state index in [2.05, 4.69) is 0 Å². The molecule has 12 heteroatoms. The molecule has 2 bridgehead atoms. The van der Waals surface area contributed by atoms with Crippen LogP contribution in [0.5, 0.6) is 0 Å². The quantitative estimate of drug-likeness (QED) is 0.339. The fourth-order valence-electron chi connectivity index (χ4n) is 7.25. The van der Waals surface area contributed by atoms with Crippen LogP contribution in [0.2, 0.25) is 0 Å². The average Bonchev–Trinajstić information content (AvgIpc) is 3.08. The monoisotopic (exact) mass is 588 g/mol. The maximum Gasteiger partial charge on any atom is 0.338 e. The van der Waals surface area contributed by atoms with Gasteiger partial charge in [-0.25, -0.2) is 4.79 Å². The topological polar surface area (TPSA) is 158 Å². The van der Waals surface area contributed by atoms with Gasteiger partial charge in [-0.05, 0) is 38.3 Å². The molecule has 1 saturated heterocycles. The van der Waals surface area contributed by atoms with Crippen LogP contribution in [0.1, 0.15) is 65.2 Å². The molecule has 228 valence electrons. The van der Waals surface area contributed by atoms with Crippen LogP contribution in [0, 0.1) is 17.3 Å². The number of fused-ring (bicyclic) bond motifs is 1. The van der Waals surface area contributed by atoms with Crippen LogP contribution in [0.25, 0.3) is 0 Å². The number of ketones is 1. The number of benzene rings is 1. The van der Waals surface area contributed by atoms with Crippen LogP contribution in [0.4, 0.5) is 0 Å². The van der Waals surface area contributed by atoms with Gasteiger partial charge in [-0.3, -0.25) is 24.0 Å². The highest BCUT2D eigenvalue weighted by atomic mass is 16.6. The molecule has 12 nitrogen and oxygen atoms in total. The van der Waals surface area contributed by atoms with Crippen LogP contribution in [-0.2, 0) is 52.4 Å². The van der Waals surface area contributed by atoms with Crippen molar-refractivity contribution >= 4 is 35.6 Å². The molecule has 1 aromatic carbocycles. The lowest BCUT2D eigenvalue weighted by atomic mass is 9.47. The molecule has 0 unspecified atom stereocenters. The first kappa shape index (κ1) is 31.1. The van der Waals surface area contributed by atoms with E-state index < -0.39 is 95.1 Å². The first-order valence-corrected chi connectivity index (χ1v) is 13.7. The van der Waals surface area contributed by atoms with Gasteiger partial charge in [0.2, 0.25) is 0 Å². The zero-order valence-electron chi connectivity index (χ0n) is 24.7. The van der Waals surface area contributed by atoms with Crippen LogP contribution < -0.4 is 0 Å². The van der Waals surface area contributed by atoms with Gasteiger partial charge in [0.25, 0.3) is 0 Å². The van der Waals surface area contributed by atoms with Crippen molar-refractivity contribution in [3.63, 3.8) is 0 Å². The zero-order chi connectivity index (χ0) is 31.2. The Kier molecular flexibility index (Phi) is 8.25. The minimum atomic E-state index is -2.02. The molecule has 3 aliphatic rings. The molecule has 0 aromatic heterocycles. The molecule has 3 fully saturated rings. The first-order chi connectivity index (χ1) is 19.6. The Balaban J connectivity index is 2.07. The van der Waals surface area contributed by atoms with Crippen molar-refractivity contribution < 1.29 is 57.2 Å². The standard InChI is InChI=1S/C30H36O12/c1-15-13-21(38-17(3)32)24(39-18(4)33)29(14-37-16(2)31)26(41-27(36)20-11-9-8-10-12-20)23(35)22-25(40-19(5)34)30(15,29)42-28(22,6)7/h8-12,15,21-22,24-26H,13-14H2,1-7H3/t15-,21+,22-,24+,25-,26-,29+,30-/m1/s1. The van der Waals surface area contributed by atoms with E-state index in [9.17, 15) is 28.8 Å². The van der Waals surface area contributed by atoms with Crippen molar-refractivity contribution in [3.05, 3.63) is 35.9 Å². The summed E-state index contributed by atoms with van der Waals surface area (Å²) in [4.78, 5) is 77.8. The van der Waals surface area contributed by atoms with Crippen LogP contribution in [-0.4, -0.2) is 77.9 Å². The largest absolute Gasteiger partial charge is 0.465 e. The number of esters is 5. The summed E-state index contributed by atoms with van der Waals surface area (Å²) in [5, 5.41) is 0. The number of carbonyl (C=O) groups excluding carboxylic acids is 6. The predicted octanol–water partition coefficient (Wildman–Crippen LogP) is 2.34. The Bertz CT molecular complexity index is 1290. The van der Waals surface area contributed by atoms with Crippen molar-refractivity contribution in [2.45, 2.75) is 90.5 Å². The molecule has 0 amide bonds. The zero-order valence-corrected chi connectivity index (χ0v) is 24.7. The number of hydrogen-bond acceptors (Lipinski definition) is 12. The molecule has 2 aliphatic carbocycles. The maximum atomic E-state index is 14.6. The van der Waals surface area contributed by atoms with E-state index in [1.807, 2.05) is 0 Å². The van der Waals surface area contributed by atoms with E-state index in [0.29, 0.717) is 0 Å². The predicted molar refractivity (Wildman–Crippen MR) is 142 cm³/mol. The van der Waals surface area contributed by atoms with E-state index in [0.717, 1.165) is 13.8 Å². The minimum Gasteiger partial charge on any atom is -0.465 e. The minimum absolute atomic E-state index is 0.0491. The molecule has 1 aromatic rings. The average molecular weight is 589 g/mol. The molecule has 0 N–H and O–H groups in total. The van der Waals surface area contributed by atoms with Gasteiger partial charge in [0.1, 0.15) is 29.8 Å². The summed E-state index contributed by atoms with van der Waals surface area (Å²) in [6, 6.07) is 7.92. The highest BCUT2D eigenvalue weighted by molar-refractivity contribution is 5.96. The van der Waals surface area contributed by atoms with Crippen molar-refractivity contribution in [1.29, 1.82) is 0 Å². The molecule has 1 spiro atoms. The third-order valence-electron chi connectivity index (χ3n) is 8.48. The summed E-state index contributed by atoms with van der Waals surface area (Å²) in [5.41, 5.74) is -4.89. The number of ether oxygens (including phenoxy) is 6. The Labute approximate surface area is 243 Å². The van der Waals surface area contributed by atoms with Gasteiger partial charge < -0.3 is 28.4 Å². The lowest BCUT2D eigenvalue weighted by Gasteiger charge is -2.62. The van der Waals surface area contributed by atoms with Gasteiger partial charge in [0.05, 0.1) is 17.1 Å². The summed E-state index contributed by atoms with van der Waals surface area (Å²) >= 11 is 0. The van der Waals surface area contributed by atoms with E-state index in [-0.39, 0.29) is 12.0 Å². The summed E-state index contributed by atoms with van der Waals surface area (Å²) in [6.07, 6.45) is -5.65. The molecular formula is C30H36O12. The molecule has 42 heavy (non-hydrogen) atoms. The SMILES string of the molecule is CC(=O)OC[C@]12[C@H](OC(=O)c3ccccc3)C(=O)[C@@H]3[C@@H](OC(C)=O)[C@]1(OC3(C)C)[C@H](C)C[C@H](OC(C)=O)[C@@H]2OC(C)=O. The Morgan fingerprint density at radius 1 is 0.833 bits per heavy atom. The van der Waals surface area contributed by atoms with Gasteiger partial charge >= 0.3 is 29.8 Å². The van der Waals surface area contributed by atoms with E-state index in [4.69, 9.17) is 28.4 Å². The maximum absolute atomic E-state index is 14.6. The molecule has 1 aliphatic heterocycles. The molecule has 0 radical (unpaired) electrons. The van der Waals surface area contributed by atoms with Crippen LogP contribution in [0.15, 0.2) is 30.3 Å². The number of hydrogen-bond donors (Lipinski definition) is 0. The molecule has 4 rings (SSSR count). The molecule has 2 saturated carbocycles. The number of Topliss-reactive ketones (excluding diaryl/α,β-unsaturated/α-hetero) is 1. The summed E-state index contributed by atoms with van der Waals surface area (Å²) < 4.78 is 35.6. The highest BCUT2D eigenvalue weighted by Crippen LogP contribution is 2.67. The summed E-state index contributed by atoms with van der Waals surface area (Å²) in [6.45, 7) is 8.98.